The van der Waals surface area contributed by atoms with Gasteiger partial charge in [0.25, 0.3) is 0 Å². The molecule has 0 radical (unpaired) electrons. The van der Waals surface area contributed by atoms with E-state index in [0.29, 0.717) is 19.6 Å². The molecule has 2 aromatic rings. The number of aromatic amines is 1. The van der Waals surface area contributed by atoms with Crippen LogP contribution in [0.15, 0.2) is 30.6 Å². The quantitative estimate of drug-likeness (QED) is 0.799. The number of hydrogen-bond acceptors (Lipinski definition) is 5. The van der Waals surface area contributed by atoms with Gasteiger partial charge in [-0.15, -0.1) is 0 Å². The summed E-state index contributed by atoms with van der Waals surface area (Å²) in [4.78, 5) is 15.5. The van der Waals surface area contributed by atoms with Crippen molar-refractivity contribution in [2.45, 2.75) is 32.8 Å². The SMILES string of the molecule is CC(C)(C)OC(=O)NCCCOc1ccc(-c2ncn[nH]2)cc1. The maximum Gasteiger partial charge on any atom is 0.407 e. The molecule has 7 heteroatoms. The van der Waals surface area contributed by atoms with E-state index in [1.165, 1.54) is 6.33 Å². The lowest BCUT2D eigenvalue weighted by molar-refractivity contribution is 0.0525. The molecule has 7 nitrogen and oxygen atoms in total. The van der Waals surface area contributed by atoms with Crippen molar-refractivity contribution in [2.75, 3.05) is 13.2 Å². The predicted octanol–water partition coefficient (Wildman–Crippen LogP) is 2.77. The molecule has 0 aliphatic rings. The third-order valence-corrected chi connectivity index (χ3v) is 2.80. The van der Waals surface area contributed by atoms with E-state index in [1.54, 1.807) is 0 Å². The van der Waals surface area contributed by atoms with E-state index in [9.17, 15) is 4.79 Å². The Morgan fingerprint density at radius 2 is 2.00 bits per heavy atom. The zero-order valence-corrected chi connectivity index (χ0v) is 13.6. The van der Waals surface area contributed by atoms with Crippen molar-refractivity contribution in [1.29, 1.82) is 0 Å². The molecule has 0 aliphatic heterocycles. The first-order valence-electron chi connectivity index (χ1n) is 7.49. The summed E-state index contributed by atoms with van der Waals surface area (Å²) in [6, 6.07) is 7.57. The minimum Gasteiger partial charge on any atom is -0.494 e. The summed E-state index contributed by atoms with van der Waals surface area (Å²) in [6.45, 7) is 6.51. The smallest absolute Gasteiger partial charge is 0.407 e. The van der Waals surface area contributed by atoms with E-state index >= 15 is 0 Å². The van der Waals surface area contributed by atoms with Crippen molar-refractivity contribution in [3.8, 4) is 17.1 Å². The minimum absolute atomic E-state index is 0.408. The monoisotopic (exact) mass is 318 g/mol. The molecule has 1 aromatic carbocycles. The van der Waals surface area contributed by atoms with Crippen LogP contribution in [0.4, 0.5) is 4.79 Å². The van der Waals surface area contributed by atoms with Crippen molar-refractivity contribution in [2.24, 2.45) is 0 Å². The zero-order valence-electron chi connectivity index (χ0n) is 13.6. The van der Waals surface area contributed by atoms with Crippen LogP contribution >= 0.6 is 0 Å². The van der Waals surface area contributed by atoms with Gasteiger partial charge in [0, 0.05) is 12.1 Å². The molecule has 0 atom stereocenters. The van der Waals surface area contributed by atoms with Crippen LogP contribution in [0.25, 0.3) is 11.4 Å². The van der Waals surface area contributed by atoms with Gasteiger partial charge in [0.15, 0.2) is 5.82 Å². The molecule has 2 N–H and O–H groups in total. The highest BCUT2D eigenvalue weighted by Crippen LogP contribution is 2.18. The molecule has 0 fully saturated rings. The number of amides is 1. The standard InChI is InChI=1S/C16H22N4O3/c1-16(2,3)23-15(21)17-9-4-10-22-13-7-5-12(6-8-13)14-18-11-19-20-14/h5-8,11H,4,9-10H2,1-3H3,(H,17,21)(H,18,19,20). The Hall–Kier alpha value is -2.57. The molecule has 0 saturated heterocycles. The molecule has 0 spiro atoms. The average Bonchev–Trinajstić information content (AvgIpc) is 3.00. The summed E-state index contributed by atoms with van der Waals surface area (Å²) in [5.74, 6) is 1.49. The van der Waals surface area contributed by atoms with Crippen molar-refractivity contribution in [3.63, 3.8) is 0 Å². The van der Waals surface area contributed by atoms with Gasteiger partial charge >= 0.3 is 6.09 Å². The Balaban J connectivity index is 1.66. The number of carbonyl (C=O) groups excluding carboxylic acids is 1. The average molecular weight is 318 g/mol. The Bertz CT molecular complexity index is 603. The van der Waals surface area contributed by atoms with Gasteiger partial charge < -0.3 is 14.8 Å². The van der Waals surface area contributed by atoms with Crippen LogP contribution in [0, 0.1) is 0 Å². The largest absolute Gasteiger partial charge is 0.494 e. The topological polar surface area (TPSA) is 89.1 Å². The Kier molecular flexibility index (Phi) is 5.56. The van der Waals surface area contributed by atoms with Crippen molar-refractivity contribution in [3.05, 3.63) is 30.6 Å². The summed E-state index contributed by atoms with van der Waals surface area (Å²) in [7, 11) is 0. The van der Waals surface area contributed by atoms with E-state index in [4.69, 9.17) is 9.47 Å². The second kappa shape index (κ2) is 7.62. The van der Waals surface area contributed by atoms with Gasteiger partial charge in [-0.05, 0) is 51.5 Å². The summed E-state index contributed by atoms with van der Waals surface area (Å²) >= 11 is 0. The number of nitrogens with one attached hydrogen (secondary N) is 2. The lowest BCUT2D eigenvalue weighted by Crippen LogP contribution is -2.33. The number of hydrogen-bond donors (Lipinski definition) is 2. The maximum atomic E-state index is 11.5. The molecular formula is C16H22N4O3. The molecular weight excluding hydrogens is 296 g/mol. The molecule has 0 unspecified atom stereocenters. The molecule has 1 aromatic heterocycles. The van der Waals surface area contributed by atoms with Crippen LogP contribution < -0.4 is 10.1 Å². The van der Waals surface area contributed by atoms with Crippen LogP contribution in [0.2, 0.25) is 0 Å². The number of H-pyrrole nitrogens is 1. The molecule has 1 amide bonds. The molecule has 0 saturated carbocycles. The number of nitrogens with zero attached hydrogens (tertiary/aromatic N) is 2. The molecule has 0 bridgehead atoms. The number of aromatic nitrogens is 3. The first-order chi connectivity index (χ1) is 10.9. The number of carbonyl (C=O) groups is 1. The summed E-state index contributed by atoms with van der Waals surface area (Å²) < 4.78 is 10.8. The first kappa shape index (κ1) is 16.8. The zero-order chi connectivity index (χ0) is 16.7. The van der Waals surface area contributed by atoms with E-state index in [1.807, 2.05) is 45.0 Å². The van der Waals surface area contributed by atoms with Gasteiger partial charge in [-0.3, -0.25) is 5.10 Å². The van der Waals surface area contributed by atoms with Gasteiger partial charge in [-0.25, -0.2) is 9.78 Å². The fourth-order valence-corrected chi connectivity index (χ4v) is 1.82. The van der Waals surface area contributed by atoms with Gasteiger partial charge in [-0.2, -0.15) is 5.10 Å². The lowest BCUT2D eigenvalue weighted by Gasteiger charge is -2.19. The molecule has 2 rings (SSSR count). The summed E-state index contributed by atoms with van der Waals surface area (Å²) in [5.41, 5.74) is 0.465. The fraction of sp³-hybridized carbons (Fsp3) is 0.438. The van der Waals surface area contributed by atoms with Gasteiger partial charge in [-0.1, -0.05) is 0 Å². The van der Waals surface area contributed by atoms with Gasteiger partial charge in [0.05, 0.1) is 6.61 Å². The molecule has 124 valence electrons. The first-order valence-corrected chi connectivity index (χ1v) is 7.49. The number of rotatable bonds is 6. The molecule has 0 aliphatic carbocycles. The van der Waals surface area contributed by atoms with Crippen LogP contribution in [0.3, 0.4) is 0 Å². The highest BCUT2D eigenvalue weighted by molar-refractivity contribution is 5.67. The van der Waals surface area contributed by atoms with Gasteiger partial charge in [0.1, 0.15) is 17.7 Å². The minimum atomic E-state index is -0.480. The van der Waals surface area contributed by atoms with Crippen molar-refractivity contribution < 1.29 is 14.3 Å². The van der Waals surface area contributed by atoms with E-state index in [-0.39, 0.29) is 0 Å². The predicted molar refractivity (Wildman–Crippen MR) is 86.2 cm³/mol. The van der Waals surface area contributed by atoms with Crippen LogP contribution in [-0.4, -0.2) is 40.0 Å². The second-order valence-electron chi connectivity index (χ2n) is 5.99. The van der Waals surface area contributed by atoms with Crippen LogP contribution in [0.1, 0.15) is 27.2 Å². The van der Waals surface area contributed by atoms with E-state index < -0.39 is 11.7 Å². The third kappa shape index (κ3) is 5.98. The third-order valence-electron chi connectivity index (χ3n) is 2.80. The van der Waals surface area contributed by atoms with Crippen molar-refractivity contribution in [1.82, 2.24) is 20.5 Å². The van der Waals surface area contributed by atoms with Crippen LogP contribution in [-0.2, 0) is 4.74 Å². The Labute approximate surface area is 135 Å². The normalized spacial score (nSPS) is 11.1. The summed E-state index contributed by atoms with van der Waals surface area (Å²) in [6.07, 6.45) is 1.76. The number of ether oxygens (including phenoxy) is 2. The van der Waals surface area contributed by atoms with Gasteiger partial charge in [0.2, 0.25) is 0 Å². The van der Waals surface area contributed by atoms with E-state index in [2.05, 4.69) is 20.5 Å². The highest BCUT2D eigenvalue weighted by atomic mass is 16.6. The highest BCUT2D eigenvalue weighted by Gasteiger charge is 2.15. The van der Waals surface area contributed by atoms with Crippen LogP contribution in [0.5, 0.6) is 5.75 Å². The Morgan fingerprint density at radius 1 is 1.26 bits per heavy atom. The Morgan fingerprint density at radius 3 is 2.61 bits per heavy atom. The van der Waals surface area contributed by atoms with E-state index in [0.717, 1.165) is 17.1 Å². The number of benzene rings is 1. The lowest BCUT2D eigenvalue weighted by atomic mass is 10.2. The molecule has 23 heavy (non-hydrogen) atoms. The van der Waals surface area contributed by atoms with Crippen molar-refractivity contribution >= 4 is 6.09 Å². The fourth-order valence-electron chi connectivity index (χ4n) is 1.82. The maximum absolute atomic E-state index is 11.5. The second-order valence-corrected chi connectivity index (χ2v) is 5.99. The molecule has 1 heterocycles. The number of alkyl carbamates (subject to hydrolysis) is 1. The summed E-state index contributed by atoms with van der Waals surface area (Å²) in [5, 5.41) is 9.31.